The number of sulfonamides is 1. The summed E-state index contributed by atoms with van der Waals surface area (Å²) in [6, 6.07) is 8.17. The van der Waals surface area contributed by atoms with Crippen LogP contribution in [-0.4, -0.2) is 67.7 Å². The lowest BCUT2D eigenvalue weighted by Gasteiger charge is -2.17. The standard InChI is InChI=1S/C19H32N6O2S/c1-5-28(26,27)24(4)14-8-12-21-19(20-3)22-13-9-15-25-16(2)23-17-10-6-7-11-18(17)25/h6-7,10-11H,5,8-9,12-15H2,1-4H3,(H2,20,21,22). The summed E-state index contributed by atoms with van der Waals surface area (Å²) in [5.74, 6) is 1.88. The Hall–Kier alpha value is -2.13. The maximum Gasteiger partial charge on any atom is 0.213 e. The number of para-hydroxylation sites is 2. The number of benzene rings is 1. The summed E-state index contributed by atoms with van der Waals surface area (Å²) >= 11 is 0. The first-order valence-electron chi connectivity index (χ1n) is 9.69. The molecule has 0 unspecified atom stereocenters. The van der Waals surface area contributed by atoms with Crippen molar-refractivity contribution in [2.24, 2.45) is 4.99 Å². The van der Waals surface area contributed by atoms with Crippen molar-refractivity contribution < 1.29 is 8.42 Å². The maximum absolute atomic E-state index is 11.7. The van der Waals surface area contributed by atoms with Crippen molar-refractivity contribution in [3.05, 3.63) is 30.1 Å². The number of nitrogens with zero attached hydrogens (tertiary/aromatic N) is 4. The number of hydrogen-bond acceptors (Lipinski definition) is 4. The Bertz CT molecular complexity index is 891. The third kappa shape index (κ3) is 5.93. The molecule has 0 aliphatic heterocycles. The first kappa shape index (κ1) is 22.2. The van der Waals surface area contributed by atoms with Crippen molar-refractivity contribution in [1.29, 1.82) is 0 Å². The second kappa shape index (κ2) is 10.4. The molecule has 0 bridgehead atoms. The van der Waals surface area contributed by atoms with Crippen LogP contribution in [0.3, 0.4) is 0 Å². The molecule has 8 nitrogen and oxygen atoms in total. The quantitative estimate of drug-likeness (QED) is 0.354. The molecule has 2 N–H and O–H groups in total. The highest BCUT2D eigenvalue weighted by Gasteiger charge is 2.14. The van der Waals surface area contributed by atoms with Gasteiger partial charge >= 0.3 is 0 Å². The van der Waals surface area contributed by atoms with Gasteiger partial charge in [0.15, 0.2) is 5.96 Å². The van der Waals surface area contributed by atoms with Crippen molar-refractivity contribution in [3.8, 4) is 0 Å². The number of aromatic nitrogens is 2. The predicted octanol–water partition coefficient (Wildman–Crippen LogP) is 1.57. The Balaban J connectivity index is 1.70. The number of imidazole rings is 1. The van der Waals surface area contributed by atoms with Crippen LogP contribution in [-0.2, 0) is 16.6 Å². The summed E-state index contributed by atoms with van der Waals surface area (Å²) in [5, 5.41) is 6.53. The van der Waals surface area contributed by atoms with Gasteiger partial charge in [0.1, 0.15) is 5.82 Å². The van der Waals surface area contributed by atoms with Crippen molar-refractivity contribution in [1.82, 2.24) is 24.5 Å². The van der Waals surface area contributed by atoms with E-state index < -0.39 is 10.0 Å². The molecule has 0 aliphatic carbocycles. The van der Waals surface area contributed by atoms with Crippen LogP contribution in [0.1, 0.15) is 25.6 Å². The summed E-state index contributed by atoms with van der Waals surface area (Å²) in [4.78, 5) is 8.81. The van der Waals surface area contributed by atoms with E-state index in [1.165, 1.54) is 4.31 Å². The van der Waals surface area contributed by atoms with Crippen LogP contribution < -0.4 is 10.6 Å². The van der Waals surface area contributed by atoms with E-state index in [1.54, 1.807) is 21.0 Å². The molecule has 0 spiro atoms. The molecule has 0 saturated heterocycles. The Morgan fingerprint density at radius 3 is 2.57 bits per heavy atom. The molecule has 1 aromatic carbocycles. The monoisotopic (exact) mass is 408 g/mol. The molecule has 1 heterocycles. The van der Waals surface area contributed by atoms with Crippen molar-refractivity contribution in [2.45, 2.75) is 33.2 Å². The first-order chi connectivity index (χ1) is 13.4. The molecule has 156 valence electrons. The topological polar surface area (TPSA) is 91.6 Å². The van der Waals surface area contributed by atoms with Gasteiger partial charge in [0.2, 0.25) is 10.0 Å². The number of aliphatic imine (C=N–C) groups is 1. The van der Waals surface area contributed by atoms with Gasteiger partial charge in [-0.15, -0.1) is 0 Å². The zero-order chi connectivity index (χ0) is 20.6. The third-order valence-corrected chi connectivity index (χ3v) is 6.56. The summed E-state index contributed by atoms with van der Waals surface area (Å²) < 4.78 is 27.1. The molecule has 2 rings (SSSR count). The summed E-state index contributed by atoms with van der Waals surface area (Å²) in [5.41, 5.74) is 2.19. The van der Waals surface area contributed by atoms with Gasteiger partial charge in [-0.05, 0) is 38.8 Å². The normalized spacial score (nSPS) is 12.7. The second-order valence-electron chi connectivity index (χ2n) is 6.65. The maximum atomic E-state index is 11.7. The molecular formula is C19H32N6O2S. The van der Waals surface area contributed by atoms with Gasteiger partial charge in [-0.2, -0.15) is 0 Å². The predicted molar refractivity (Wildman–Crippen MR) is 115 cm³/mol. The lowest BCUT2D eigenvalue weighted by Crippen LogP contribution is -2.39. The van der Waals surface area contributed by atoms with E-state index >= 15 is 0 Å². The fraction of sp³-hybridized carbons (Fsp3) is 0.579. The van der Waals surface area contributed by atoms with E-state index in [9.17, 15) is 8.42 Å². The molecule has 2 aromatic rings. The highest BCUT2D eigenvalue weighted by atomic mass is 32.2. The summed E-state index contributed by atoms with van der Waals surface area (Å²) in [6.07, 6.45) is 1.66. The van der Waals surface area contributed by atoms with Crippen LogP contribution in [0.15, 0.2) is 29.3 Å². The molecular weight excluding hydrogens is 376 g/mol. The summed E-state index contributed by atoms with van der Waals surface area (Å²) in [7, 11) is 0.241. The minimum atomic E-state index is -3.11. The molecule has 1 aromatic heterocycles. The molecule has 0 amide bonds. The highest BCUT2D eigenvalue weighted by molar-refractivity contribution is 7.89. The minimum Gasteiger partial charge on any atom is -0.356 e. The average molecular weight is 409 g/mol. The van der Waals surface area contributed by atoms with Gasteiger partial charge in [0.05, 0.1) is 16.8 Å². The lowest BCUT2D eigenvalue weighted by atomic mass is 10.3. The number of nitrogens with one attached hydrogen (secondary N) is 2. The van der Waals surface area contributed by atoms with Gasteiger partial charge in [0.25, 0.3) is 0 Å². The van der Waals surface area contributed by atoms with E-state index in [-0.39, 0.29) is 5.75 Å². The SMILES string of the molecule is CCS(=O)(=O)N(C)CCCNC(=NC)NCCCn1c(C)nc2ccccc21. The van der Waals surface area contributed by atoms with Crippen molar-refractivity contribution in [2.75, 3.05) is 39.5 Å². The largest absolute Gasteiger partial charge is 0.356 e. The number of fused-ring (bicyclic) bond motifs is 1. The van der Waals surface area contributed by atoms with E-state index in [0.29, 0.717) is 13.1 Å². The fourth-order valence-corrected chi connectivity index (χ4v) is 3.86. The molecule has 0 saturated carbocycles. The molecule has 0 aliphatic rings. The number of hydrogen-bond donors (Lipinski definition) is 2. The number of aryl methyl sites for hydroxylation is 2. The zero-order valence-electron chi connectivity index (χ0n) is 17.3. The zero-order valence-corrected chi connectivity index (χ0v) is 18.1. The Morgan fingerprint density at radius 1 is 1.21 bits per heavy atom. The van der Waals surface area contributed by atoms with Crippen molar-refractivity contribution in [3.63, 3.8) is 0 Å². The Kier molecular flexibility index (Phi) is 8.25. The van der Waals surface area contributed by atoms with Crippen LogP contribution in [0.4, 0.5) is 0 Å². The Morgan fingerprint density at radius 2 is 1.89 bits per heavy atom. The van der Waals surface area contributed by atoms with E-state index in [2.05, 4.69) is 31.2 Å². The van der Waals surface area contributed by atoms with Gasteiger partial charge in [-0.1, -0.05) is 12.1 Å². The van der Waals surface area contributed by atoms with Crippen LogP contribution in [0.25, 0.3) is 11.0 Å². The van der Waals surface area contributed by atoms with E-state index in [0.717, 1.165) is 48.7 Å². The molecule has 0 radical (unpaired) electrons. The highest BCUT2D eigenvalue weighted by Crippen LogP contribution is 2.15. The molecule has 0 atom stereocenters. The number of rotatable bonds is 10. The average Bonchev–Trinajstić information content (AvgIpc) is 3.01. The van der Waals surface area contributed by atoms with Gasteiger partial charge < -0.3 is 15.2 Å². The molecule has 0 fully saturated rings. The smallest absolute Gasteiger partial charge is 0.213 e. The van der Waals surface area contributed by atoms with E-state index in [1.807, 2.05) is 25.1 Å². The number of guanidine groups is 1. The van der Waals surface area contributed by atoms with Crippen LogP contribution >= 0.6 is 0 Å². The van der Waals surface area contributed by atoms with Gasteiger partial charge in [-0.25, -0.2) is 17.7 Å². The fourth-order valence-electron chi connectivity index (χ4n) is 3.01. The lowest BCUT2D eigenvalue weighted by molar-refractivity contribution is 0.461. The minimum absolute atomic E-state index is 0.131. The van der Waals surface area contributed by atoms with Crippen LogP contribution in [0.5, 0.6) is 0 Å². The van der Waals surface area contributed by atoms with E-state index in [4.69, 9.17) is 0 Å². The second-order valence-corrected chi connectivity index (χ2v) is 9.02. The molecule has 9 heteroatoms. The van der Waals surface area contributed by atoms with Gasteiger partial charge in [0, 0.05) is 40.3 Å². The first-order valence-corrected chi connectivity index (χ1v) is 11.3. The molecule has 28 heavy (non-hydrogen) atoms. The third-order valence-electron chi connectivity index (χ3n) is 4.70. The van der Waals surface area contributed by atoms with Crippen molar-refractivity contribution >= 4 is 27.0 Å². The van der Waals surface area contributed by atoms with Gasteiger partial charge in [-0.3, -0.25) is 4.99 Å². The summed E-state index contributed by atoms with van der Waals surface area (Å²) in [6.45, 7) is 6.51. The van der Waals surface area contributed by atoms with Crippen LogP contribution in [0.2, 0.25) is 0 Å². The Labute approximate surface area is 168 Å². The van der Waals surface area contributed by atoms with Crippen LogP contribution in [0, 0.1) is 6.92 Å².